The zero-order valence-corrected chi connectivity index (χ0v) is 14.8. The van der Waals surface area contributed by atoms with Crippen molar-refractivity contribution in [2.24, 2.45) is 0 Å². The zero-order chi connectivity index (χ0) is 18.1. The molecule has 134 valence electrons. The van der Waals surface area contributed by atoms with E-state index in [9.17, 15) is 9.90 Å². The van der Waals surface area contributed by atoms with Crippen LogP contribution in [0.5, 0.6) is 5.75 Å². The van der Waals surface area contributed by atoms with E-state index < -0.39 is 0 Å². The molecule has 1 aromatic carbocycles. The summed E-state index contributed by atoms with van der Waals surface area (Å²) >= 11 is 0. The van der Waals surface area contributed by atoms with Gasteiger partial charge in [-0.05, 0) is 31.2 Å². The SMILES string of the molecule is Cc1cccc2nc(CN3CCN(c4ccccc4O)CC3)cc(=O)n12. The molecule has 1 N–H and O–H groups in total. The first-order valence-corrected chi connectivity index (χ1v) is 8.85. The average molecular weight is 350 g/mol. The normalized spacial score (nSPS) is 15.5. The molecule has 6 heteroatoms. The highest BCUT2D eigenvalue weighted by Gasteiger charge is 2.19. The maximum Gasteiger partial charge on any atom is 0.258 e. The van der Waals surface area contributed by atoms with E-state index >= 15 is 0 Å². The molecule has 0 bridgehead atoms. The molecule has 2 aromatic heterocycles. The average Bonchev–Trinajstić information content (AvgIpc) is 2.63. The van der Waals surface area contributed by atoms with Crippen molar-refractivity contribution in [1.82, 2.24) is 14.3 Å². The third kappa shape index (κ3) is 3.15. The quantitative estimate of drug-likeness (QED) is 0.783. The number of phenolic OH excluding ortho intramolecular Hbond substituents is 1. The van der Waals surface area contributed by atoms with Crippen LogP contribution in [0.1, 0.15) is 11.4 Å². The van der Waals surface area contributed by atoms with Gasteiger partial charge in [0.25, 0.3) is 5.56 Å². The summed E-state index contributed by atoms with van der Waals surface area (Å²) in [7, 11) is 0. The number of aryl methyl sites for hydroxylation is 1. The van der Waals surface area contributed by atoms with Gasteiger partial charge in [0, 0.05) is 44.5 Å². The number of phenols is 1. The monoisotopic (exact) mass is 350 g/mol. The Balaban J connectivity index is 1.47. The Morgan fingerprint density at radius 1 is 1.04 bits per heavy atom. The lowest BCUT2D eigenvalue weighted by atomic mass is 10.2. The van der Waals surface area contributed by atoms with E-state index in [0.29, 0.717) is 17.9 Å². The van der Waals surface area contributed by atoms with Crippen LogP contribution in [0.2, 0.25) is 0 Å². The maximum atomic E-state index is 12.4. The predicted octanol–water partition coefficient (Wildman–Crippen LogP) is 2.03. The molecule has 26 heavy (non-hydrogen) atoms. The minimum absolute atomic E-state index is 0.0315. The van der Waals surface area contributed by atoms with Crippen LogP contribution in [-0.4, -0.2) is 45.6 Å². The van der Waals surface area contributed by atoms with E-state index in [1.807, 2.05) is 43.3 Å². The molecule has 0 saturated carbocycles. The van der Waals surface area contributed by atoms with Crippen LogP contribution in [0.4, 0.5) is 5.69 Å². The molecule has 0 aliphatic carbocycles. The van der Waals surface area contributed by atoms with Crippen molar-refractivity contribution in [1.29, 1.82) is 0 Å². The Morgan fingerprint density at radius 3 is 2.58 bits per heavy atom. The number of anilines is 1. The minimum Gasteiger partial charge on any atom is -0.506 e. The number of para-hydroxylation sites is 2. The Kier molecular flexibility index (Phi) is 4.34. The molecule has 4 rings (SSSR count). The second kappa shape index (κ2) is 6.80. The summed E-state index contributed by atoms with van der Waals surface area (Å²) in [5.41, 5.74) is 3.24. The zero-order valence-electron chi connectivity index (χ0n) is 14.8. The molecule has 0 atom stereocenters. The molecular formula is C20H22N4O2. The highest BCUT2D eigenvalue weighted by atomic mass is 16.3. The Hall–Kier alpha value is -2.86. The van der Waals surface area contributed by atoms with Crippen molar-refractivity contribution >= 4 is 11.3 Å². The number of pyridine rings is 1. The van der Waals surface area contributed by atoms with Crippen LogP contribution in [0.25, 0.3) is 5.65 Å². The molecule has 0 amide bonds. The van der Waals surface area contributed by atoms with Gasteiger partial charge in [-0.1, -0.05) is 18.2 Å². The first kappa shape index (κ1) is 16.6. The summed E-state index contributed by atoms with van der Waals surface area (Å²) in [6.07, 6.45) is 0. The van der Waals surface area contributed by atoms with E-state index in [4.69, 9.17) is 0 Å². The van der Waals surface area contributed by atoms with Crippen LogP contribution in [0.3, 0.4) is 0 Å². The van der Waals surface area contributed by atoms with E-state index in [1.165, 1.54) is 0 Å². The van der Waals surface area contributed by atoms with Gasteiger partial charge in [-0.15, -0.1) is 0 Å². The summed E-state index contributed by atoms with van der Waals surface area (Å²) in [6.45, 7) is 5.97. The molecule has 1 aliphatic rings. The number of rotatable bonds is 3. The maximum absolute atomic E-state index is 12.4. The molecular weight excluding hydrogens is 328 g/mol. The number of hydrogen-bond donors (Lipinski definition) is 1. The molecule has 3 aromatic rings. The minimum atomic E-state index is -0.0315. The third-order valence-electron chi connectivity index (χ3n) is 4.91. The predicted molar refractivity (Wildman–Crippen MR) is 102 cm³/mol. The van der Waals surface area contributed by atoms with Crippen molar-refractivity contribution in [2.45, 2.75) is 13.5 Å². The van der Waals surface area contributed by atoms with Crippen LogP contribution >= 0.6 is 0 Å². The van der Waals surface area contributed by atoms with E-state index in [1.54, 1.807) is 16.5 Å². The van der Waals surface area contributed by atoms with E-state index in [2.05, 4.69) is 14.8 Å². The molecule has 6 nitrogen and oxygen atoms in total. The fourth-order valence-electron chi connectivity index (χ4n) is 3.55. The first-order valence-electron chi connectivity index (χ1n) is 8.85. The smallest absolute Gasteiger partial charge is 0.258 e. The molecule has 0 spiro atoms. The molecule has 1 fully saturated rings. The van der Waals surface area contributed by atoms with Crippen LogP contribution in [0.15, 0.2) is 53.3 Å². The van der Waals surface area contributed by atoms with Gasteiger partial charge in [-0.3, -0.25) is 14.1 Å². The Labute approximate surface area is 151 Å². The van der Waals surface area contributed by atoms with Gasteiger partial charge in [-0.2, -0.15) is 0 Å². The van der Waals surface area contributed by atoms with Crippen molar-refractivity contribution < 1.29 is 5.11 Å². The van der Waals surface area contributed by atoms with E-state index in [-0.39, 0.29) is 5.56 Å². The number of aromatic hydroxyl groups is 1. The van der Waals surface area contributed by atoms with Gasteiger partial charge >= 0.3 is 0 Å². The summed E-state index contributed by atoms with van der Waals surface area (Å²) in [5.74, 6) is 0.320. The Morgan fingerprint density at radius 2 is 1.81 bits per heavy atom. The summed E-state index contributed by atoms with van der Waals surface area (Å²) in [6, 6.07) is 14.8. The number of benzene rings is 1. The van der Waals surface area contributed by atoms with Gasteiger partial charge in [-0.25, -0.2) is 4.98 Å². The van der Waals surface area contributed by atoms with Crippen LogP contribution in [-0.2, 0) is 6.54 Å². The van der Waals surface area contributed by atoms with Crippen LogP contribution in [0, 0.1) is 6.92 Å². The first-order chi connectivity index (χ1) is 12.6. The lowest BCUT2D eigenvalue weighted by Gasteiger charge is -2.36. The van der Waals surface area contributed by atoms with Gasteiger partial charge < -0.3 is 10.0 Å². The number of nitrogens with zero attached hydrogens (tertiary/aromatic N) is 4. The third-order valence-corrected chi connectivity index (χ3v) is 4.91. The lowest BCUT2D eigenvalue weighted by molar-refractivity contribution is 0.246. The number of aromatic nitrogens is 2. The number of piperazine rings is 1. The second-order valence-corrected chi connectivity index (χ2v) is 6.70. The van der Waals surface area contributed by atoms with Gasteiger partial charge in [0.1, 0.15) is 11.4 Å². The Bertz CT molecular complexity index is 991. The largest absolute Gasteiger partial charge is 0.506 e. The van der Waals surface area contributed by atoms with Gasteiger partial charge in [0.15, 0.2) is 0 Å². The van der Waals surface area contributed by atoms with Crippen LogP contribution < -0.4 is 10.5 Å². The van der Waals surface area contributed by atoms with Crippen molar-refractivity contribution in [3.63, 3.8) is 0 Å². The fraction of sp³-hybridized carbons (Fsp3) is 0.300. The molecule has 1 aliphatic heterocycles. The molecule has 3 heterocycles. The summed E-state index contributed by atoms with van der Waals surface area (Å²) in [4.78, 5) is 21.5. The second-order valence-electron chi connectivity index (χ2n) is 6.70. The molecule has 0 radical (unpaired) electrons. The molecule has 1 saturated heterocycles. The topological polar surface area (TPSA) is 61.1 Å². The highest BCUT2D eigenvalue weighted by molar-refractivity contribution is 5.57. The van der Waals surface area contributed by atoms with Crippen molar-refractivity contribution in [2.75, 3.05) is 31.1 Å². The van der Waals surface area contributed by atoms with Crippen molar-refractivity contribution in [3.8, 4) is 5.75 Å². The summed E-state index contributed by atoms with van der Waals surface area (Å²) in [5, 5.41) is 10.0. The standard InChI is InChI=1S/C20H22N4O2/c1-15-5-4-8-19-21-16(13-20(26)24(15)19)14-22-9-11-23(12-10-22)17-6-2-3-7-18(17)25/h2-8,13,25H,9-12,14H2,1H3. The fourth-order valence-corrected chi connectivity index (χ4v) is 3.55. The summed E-state index contributed by atoms with van der Waals surface area (Å²) < 4.78 is 1.64. The highest BCUT2D eigenvalue weighted by Crippen LogP contribution is 2.27. The molecule has 0 unspecified atom stereocenters. The van der Waals surface area contributed by atoms with Crippen molar-refractivity contribution in [3.05, 3.63) is 70.3 Å². The van der Waals surface area contributed by atoms with E-state index in [0.717, 1.165) is 43.3 Å². The lowest BCUT2D eigenvalue weighted by Crippen LogP contribution is -2.46. The van der Waals surface area contributed by atoms with Gasteiger partial charge in [0.2, 0.25) is 0 Å². The van der Waals surface area contributed by atoms with Gasteiger partial charge in [0.05, 0.1) is 11.4 Å². The number of hydrogen-bond acceptors (Lipinski definition) is 5. The number of fused-ring (bicyclic) bond motifs is 1.